The van der Waals surface area contributed by atoms with E-state index in [0.717, 1.165) is 19.3 Å². The minimum absolute atomic E-state index is 0.110. The van der Waals surface area contributed by atoms with Crippen molar-refractivity contribution in [1.29, 1.82) is 0 Å². The Morgan fingerprint density at radius 1 is 0.864 bits per heavy atom. The van der Waals surface area contributed by atoms with Crippen LogP contribution in [0.5, 0.6) is 0 Å². The number of aliphatic hydroxyl groups excluding tert-OH is 1. The third-order valence-corrected chi connectivity index (χ3v) is 4.81. The molecule has 0 rings (SSSR count). The second kappa shape index (κ2) is 13.4. The Morgan fingerprint density at radius 3 is 1.73 bits per heavy atom. The van der Waals surface area contributed by atoms with E-state index in [2.05, 4.69) is 48.5 Å². The van der Waals surface area contributed by atoms with Crippen LogP contribution in [0.1, 0.15) is 100 Å². The summed E-state index contributed by atoms with van der Waals surface area (Å²) < 4.78 is 0. The molecule has 0 amide bonds. The molecule has 2 nitrogen and oxygen atoms in total. The van der Waals surface area contributed by atoms with E-state index < -0.39 is 5.60 Å². The van der Waals surface area contributed by atoms with Crippen LogP contribution in [-0.4, -0.2) is 21.9 Å². The van der Waals surface area contributed by atoms with Crippen LogP contribution in [0.4, 0.5) is 0 Å². The van der Waals surface area contributed by atoms with Gasteiger partial charge in [0.1, 0.15) is 0 Å². The molecule has 0 aliphatic carbocycles. The maximum atomic E-state index is 9.82. The van der Waals surface area contributed by atoms with E-state index in [1.165, 1.54) is 25.7 Å². The molecule has 3 unspecified atom stereocenters. The Bertz CT molecular complexity index is 234. The molecule has 0 spiro atoms. The fourth-order valence-corrected chi connectivity index (χ4v) is 2.38. The first kappa shape index (κ1) is 24.2. The number of rotatable bonds is 10. The van der Waals surface area contributed by atoms with E-state index in [1.54, 1.807) is 0 Å². The van der Waals surface area contributed by atoms with Crippen LogP contribution >= 0.6 is 0 Å². The molecule has 3 atom stereocenters. The quantitative estimate of drug-likeness (QED) is 0.500. The summed E-state index contributed by atoms with van der Waals surface area (Å²) in [5.41, 5.74) is -0.449. The van der Waals surface area contributed by atoms with Crippen molar-refractivity contribution < 1.29 is 10.2 Å². The van der Waals surface area contributed by atoms with Gasteiger partial charge in [0.05, 0.1) is 11.7 Å². The molecular weight excluding hydrogens is 272 g/mol. The van der Waals surface area contributed by atoms with Gasteiger partial charge in [-0.25, -0.2) is 0 Å². The van der Waals surface area contributed by atoms with Crippen molar-refractivity contribution >= 4 is 0 Å². The third kappa shape index (κ3) is 12.5. The topological polar surface area (TPSA) is 40.5 Å². The van der Waals surface area contributed by atoms with Crippen molar-refractivity contribution in [2.75, 3.05) is 0 Å². The van der Waals surface area contributed by atoms with Gasteiger partial charge in [0, 0.05) is 0 Å². The highest BCUT2D eigenvalue weighted by atomic mass is 16.3. The molecule has 0 aromatic carbocycles. The fourth-order valence-electron chi connectivity index (χ4n) is 2.38. The van der Waals surface area contributed by atoms with Gasteiger partial charge in [-0.05, 0) is 37.5 Å². The average Bonchev–Trinajstić information content (AvgIpc) is 2.44. The van der Waals surface area contributed by atoms with Crippen molar-refractivity contribution in [3.8, 4) is 0 Å². The summed E-state index contributed by atoms with van der Waals surface area (Å²) in [6.45, 7) is 16.8. The Hall–Kier alpha value is -0.0800. The zero-order valence-corrected chi connectivity index (χ0v) is 16.7. The van der Waals surface area contributed by atoms with Crippen molar-refractivity contribution in [2.24, 2.45) is 17.8 Å². The highest BCUT2D eigenvalue weighted by Gasteiger charge is 2.23. The minimum Gasteiger partial charge on any atom is -0.393 e. The number of hydrogen-bond acceptors (Lipinski definition) is 2. The Morgan fingerprint density at radius 2 is 1.36 bits per heavy atom. The van der Waals surface area contributed by atoms with E-state index >= 15 is 0 Å². The van der Waals surface area contributed by atoms with E-state index in [4.69, 9.17) is 0 Å². The van der Waals surface area contributed by atoms with Crippen LogP contribution in [0.25, 0.3) is 0 Å². The van der Waals surface area contributed by atoms with E-state index in [0.29, 0.717) is 17.8 Å². The highest BCUT2D eigenvalue weighted by molar-refractivity contribution is 4.75. The first-order valence-corrected chi connectivity index (χ1v) is 9.50. The lowest BCUT2D eigenvalue weighted by atomic mass is 9.87. The van der Waals surface area contributed by atoms with Gasteiger partial charge >= 0.3 is 0 Å². The summed E-state index contributed by atoms with van der Waals surface area (Å²) in [5, 5.41) is 19.4. The summed E-state index contributed by atoms with van der Waals surface area (Å²) >= 11 is 0. The molecule has 0 saturated carbocycles. The number of unbranched alkanes of at least 4 members (excludes halogenated alkanes) is 3. The molecule has 0 bridgehead atoms. The zero-order chi connectivity index (χ0) is 17.8. The molecule has 0 aromatic heterocycles. The molecule has 136 valence electrons. The second-order valence-corrected chi connectivity index (χ2v) is 7.82. The van der Waals surface area contributed by atoms with Crippen LogP contribution in [0.2, 0.25) is 0 Å². The maximum absolute atomic E-state index is 9.82. The van der Waals surface area contributed by atoms with E-state index in [-0.39, 0.29) is 6.10 Å². The lowest BCUT2D eigenvalue weighted by molar-refractivity contribution is 0.00318. The highest BCUT2D eigenvalue weighted by Crippen LogP contribution is 2.22. The van der Waals surface area contributed by atoms with Crippen molar-refractivity contribution in [3.05, 3.63) is 0 Å². The SMILES string of the molecule is CCCCC(C)C(O)C(C)C.CCCCCC(C)(O)C(C)C. The van der Waals surface area contributed by atoms with Crippen LogP contribution < -0.4 is 0 Å². The number of aliphatic hydroxyl groups is 2. The van der Waals surface area contributed by atoms with Gasteiger partial charge in [-0.2, -0.15) is 0 Å². The van der Waals surface area contributed by atoms with Crippen LogP contribution in [0.3, 0.4) is 0 Å². The minimum atomic E-state index is -0.449. The average molecular weight is 317 g/mol. The molecule has 0 aromatic rings. The standard InChI is InChI=1S/2C10H22O/c1-5-6-7-8-10(4,11)9(2)3;1-5-6-7-9(4)10(11)8(2)3/h9,11H,5-8H2,1-4H3;8-11H,5-7H2,1-4H3. The van der Waals surface area contributed by atoms with E-state index in [9.17, 15) is 10.2 Å². The maximum Gasteiger partial charge on any atom is 0.0642 e. The van der Waals surface area contributed by atoms with Gasteiger partial charge in [-0.1, -0.05) is 80.6 Å². The third-order valence-electron chi connectivity index (χ3n) is 4.81. The monoisotopic (exact) mass is 316 g/mol. The smallest absolute Gasteiger partial charge is 0.0642 e. The van der Waals surface area contributed by atoms with Crippen molar-refractivity contribution in [2.45, 2.75) is 112 Å². The van der Waals surface area contributed by atoms with Gasteiger partial charge in [-0.15, -0.1) is 0 Å². The summed E-state index contributed by atoms with van der Waals surface area (Å²) in [4.78, 5) is 0. The Labute approximate surface area is 140 Å². The van der Waals surface area contributed by atoms with Crippen LogP contribution in [-0.2, 0) is 0 Å². The van der Waals surface area contributed by atoms with Gasteiger partial charge in [0.25, 0.3) is 0 Å². The summed E-state index contributed by atoms with van der Waals surface area (Å²) in [6.07, 6.45) is 8.09. The van der Waals surface area contributed by atoms with Gasteiger partial charge in [0.2, 0.25) is 0 Å². The predicted octanol–water partition coefficient (Wildman–Crippen LogP) is 5.80. The molecule has 2 heteroatoms. The molecule has 0 saturated heterocycles. The Balaban J connectivity index is 0. The summed E-state index contributed by atoms with van der Waals surface area (Å²) in [5.74, 6) is 1.25. The molecule has 0 radical (unpaired) electrons. The first-order chi connectivity index (χ1) is 10.1. The molecule has 0 aliphatic rings. The van der Waals surface area contributed by atoms with Gasteiger partial charge in [0.15, 0.2) is 0 Å². The largest absolute Gasteiger partial charge is 0.393 e. The molecule has 2 N–H and O–H groups in total. The van der Waals surface area contributed by atoms with E-state index in [1.807, 2.05) is 6.92 Å². The molecule has 0 heterocycles. The number of hydrogen-bond donors (Lipinski definition) is 2. The van der Waals surface area contributed by atoms with Gasteiger partial charge in [-0.3, -0.25) is 0 Å². The molecule has 0 aliphatic heterocycles. The van der Waals surface area contributed by atoms with Crippen LogP contribution in [0.15, 0.2) is 0 Å². The Kier molecular flexibility index (Phi) is 14.7. The van der Waals surface area contributed by atoms with Crippen molar-refractivity contribution in [1.82, 2.24) is 0 Å². The lowest BCUT2D eigenvalue weighted by Gasteiger charge is -2.27. The molecule has 22 heavy (non-hydrogen) atoms. The zero-order valence-electron chi connectivity index (χ0n) is 16.7. The van der Waals surface area contributed by atoms with Gasteiger partial charge < -0.3 is 10.2 Å². The molecular formula is C20H44O2. The molecule has 0 fully saturated rings. The summed E-state index contributed by atoms with van der Waals surface area (Å²) in [6, 6.07) is 0. The lowest BCUT2D eigenvalue weighted by Crippen LogP contribution is -2.30. The normalized spacial score (nSPS) is 16.9. The first-order valence-electron chi connectivity index (χ1n) is 9.50. The summed E-state index contributed by atoms with van der Waals surface area (Å²) in [7, 11) is 0. The fraction of sp³-hybridized carbons (Fsp3) is 1.00. The predicted molar refractivity (Wildman–Crippen MR) is 99.1 cm³/mol. The van der Waals surface area contributed by atoms with Crippen LogP contribution in [0, 0.1) is 17.8 Å². The van der Waals surface area contributed by atoms with Crippen molar-refractivity contribution in [3.63, 3.8) is 0 Å². The second-order valence-electron chi connectivity index (χ2n) is 7.82.